The van der Waals surface area contributed by atoms with E-state index in [9.17, 15) is 14.9 Å². The highest BCUT2D eigenvalue weighted by Crippen LogP contribution is 2.29. The second-order valence-corrected chi connectivity index (χ2v) is 6.01. The van der Waals surface area contributed by atoms with Crippen molar-refractivity contribution in [2.75, 3.05) is 13.1 Å². The minimum atomic E-state index is -0.355. The molecule has 0 bridgehead atoms. The number of non-ortho nitro benzene ring substituents is 1. The van der Waals surface area contributed by atoms with Gasteiger partial charge in [0.25, 0.3) is 5.69 Å². The average molecular weight is 305 g/mol. The summed E-state index contributed by atoms with van der Waals surface area (Å²) in [6.45, 7) is 7.31. The fraction of sp³-hybridized carbons (Fsp3) is 0.562. The van der Waals surface area contributed by atoms with E-state index in [-0.39, 0.29) is 28.6 Å². The molecular formula is C16H23N3O3. The van der Waals surface area contributed by atoms with Crippen LogP contribution >= 0.6 is 0 Å². The van der Waals surface area contributed by atoms with Gasteiger partial charge < -0.3 is 5.32 Å². The number of carbonyl (C=O) groups excluding carboxylic acids is 1. The van der Waals surface area contributed by atoms with E-state index in [0.717, 1.165) is 37.1 Å². The minimum absolute atomic E-state index is 0.00830. The number of hydrogen-bond acceptors (Lipinski definition) is 4. The van der Waals surface area contributed by atoms with Crippen LogP contribution in [-0.4, -0.2) is 34.9 Å². The molecule has 2 atom stereocenters. The van der Waals surface area contributed by atoms with Crippen molar-refractivity contribution in [3.8, 4) is 0 Å². The fourth-order valence-corrected chi connectivity index (χ4v) is 3.15. The van der Waals surface area contributed by atoms with Gasteiger partial charge in [-0.3, -0.25) is 19.8 Å². The maximum Gasteiger partial charge on any atom is 0.269 e. The summed E-state index contributed by atoms with van der Waals surface area (Å²) in [5, 5.41) is 14.0. The van der Waals surface area contributed by atoms with Gasteiger partial charge in [-0.05, 0) is 44.4 Å². The minimum Gasteiger partial charge on any atom is -0.352 e. The standard InChI is InChI=1S/C16H23N3O3/c1-11-6-7-15(19(21)22)9-16(11)12(2)18-8-4-5-14(10-18)17-13(3)20/h6-7,9,12,14H,4-5,8,10H2,1-3H3,(H,17,20)/t12-,14-/m1/s1. The van der Waals surface area contributed by atoms with E-state index in [1.54, 1.807) is 18.2 Å². The van der Waals surface area contributed by atoms with Crippen LogP contribution in [0, 0.1) is 17.0 Å². The molecule has 6 nitrogen and oxygen atoms in total. The van der Waals surface area contributed by atoms with E-state index in [1.807, 2.05) is 6.92 Å². The Balaban J connectivity index is 2.16. The summed E-state index contributed by atoms with van der Waals surface area (Å²) >= 11 is 0. The van der Waals surface area contributed by atoms with Crippen LogP contribution in [-0.2, 0) is 4.79 Å². The lowest BCUT2D eigenvalue weighted by Crippen LogP contribution is -2.47. The van der Waals surface area contributed by atoms with Gasteiger partial charge >= 0.3 is 0 Å². The highest BCUT2D eigenvalue weighted by molar-refractivity contribution is 5.73. The first-order chi connectivity index (χ1) is 10.4. The Labute approximate surface area is 130 Å². The van der Waals surface area contributed by atoms with E-state index < -0.39 is 0 Å². The van der Waals surface area contributed by atoms with E-state index in [1.165, 1.54) is 6.92 Å². The molecule has 2 rings (SSSR count). The third-order valence-electron chi connectivity index (χ3n) is 4.33. The van der Waals surface area contributed by atoms with Crippen molar-refractivity contribution < 1.29 is 9.72 Å². The average Bonchev–Trinajstić information content (AvgIpc) is 2.46. The number of aryl methyl sites for hydroxylation is 1. The number of hydrogen-bond donors (Lipinski definition) is 1. The molecule has 1 amide bonds. The van der Waals surface area contributed by atoms with Crippen LogP contribution in [0.3, 0.4) is 0 Å². The largest absolute Gasteiger partial charge is 0.352 e. The monoisotopic (exact) mass is 305 g/mol. The molecule has 120 valence electrons. The van der Waals surface area contributed by atoms with Gasteiger partial charge in [-0.15, -0.1) is 0 Å². The smallest absolute Gasteiger partial charge is 0.269 e. The number of likely N-dealkylation sites (tertiary alicyclic amines) is 1. The summed E-state index contributed by atoms with van der Waals surface area (Å²) < 4.78 is 0. The molecule has 1 fully saturated rings. The van der Waals surface area contributed by atoms with Crippen LogP contribution in [0.25, 0.3) is 0 Å². The van der Waals surface area contributed by atoms with Crippen LogP contribution < -0.4 is 5.32 Å². The van der Waals surface area contributed by atoms with Gasteiger partial charge in [-0.2, -0.15) is 0 Å². The molecule has 1 aromatic carbocycles. The maximum absolute atomic E-state index is 11.2. The van der Waals surface area contributed by atoms with Crippen LogP contribution in [0.2, 0.25) is 0 Å². The molecule has 1 aliphatic rings. The molecule has 0 radical (unpaired) electrons. The van der Waals surface area contributed by atoms with Gasteiger partial charge in [0.2, 0.25) is 5.91 Å². The van der Waals surface area contributed by atoms with Crippen molar-refractivity contribution in [2.24, 2.45) is 0 Å². The number of piperidine rings is 1. The van der Waals surface area contributed by atoms with Crippen molar-refractivity contribution >= 4 is 11.6 Å². The summed E-state index contributed by atoms with van der Waals surface area (Å²) in [7, 11) is 0. The summed E-state index contributed by atoms with van der Waals surface area (Å²) in [5.74, 6) is -0.00830. The molecule has 1 aromatic rings. The molecular weight excluding hydrogens is 282 g/mol. The predicted molar refractivity (Wildman–Crippen MR) is 84.7 cm³/mol. The molecule has 1 N–H and O–H groups in total. The lowest BCUT2D eigenvalue weighted by atomic mass is 9.97. The Kier molecular flexibility index (Phi) is 5.13. The molecule has 0 aliphatic carbocycles. The van der Waals surface area contributed by atoms with Gasteiger partial charge in [0.15, 0.2) is 0 Å². The number of rotatable bonds is 4. The highest BCUT2D eigenvalue weighted by atomic mass is 16.6. The van der Waals surface area contributed by atoms with Gasteiger partial charge in [-0.25, -0.2) is 0 Å². The van der Waals surface area contributed by atoms with Gasteiger partial charge in [0, 0.05) is 37.7 Å². The van der Waals surface area contributed by atoms with Crippen molar-refractivity contribution in [3.63, 3.8) is 0 Å². The molecule has 1 aliphatic heterocycles. The zero-order valence-corrected chi connectivity index (χ0v) is 13.3. The Morgan fingerprint density at radius 2 is 2.23 bits per heavy atom. The SMILES string of the molecule is CC(=O)N[C@@H]1CCCN([C@H](C)c2cc([N+](=O)[O-])ccc2C)C1. The molecule has 0 spiro atoms. The van der Waals surface area contributed by atoms with E-state index in [2.05, 4.69) is 17.1 Å². The topological polar surface area (TPSA) is 75.5 Å². The number of benzene rings is 1. The number of nitrogens with one attached hydrogen (secondary N) is 1. The molecule has 1 saturated heterocycles. The van der Waals surface area contributed by atoms with Crippen molar-refractivity contribution in [2.45, 2.75) is 45.7 Å². The quantitative estimate of drug-likeness (QED) is 0.685. The number of nitro groups is 1. The fourth-order valence-electron chi connectivity index (χ4n) is 3.15. The molecule has 22 heavy (non-hydrogen) atoms. The van der Waals surface area contributed by atoms with E-state index >= 15 is 0 Å². The molecule has 0 unspecified atom stereocenters. The molecule has 0 aromatic heterocycles. The molecule has 6 heteroatoms. The third-order valence-corrected chi connectivity index (χ3v) is 4.33. The number of amides is 1. The first-order valence-electron chi connectivity index (χ1n) is 7.64. The zero-order chi connectivity index (χ0) is 16.3. The van der Waals surface area contributed by atoms with Gasteiger partial charge in [-0.1, -0.05) is 6.07 Å². The summed E-state index contributed by atoms with van der Waals surface area (Å²) in [6.07, 6.45) is 2.00. The molecule has 0 saturated carbocycles. The summed E-state index contributed by atoms with van der Waals surface area (Å²) in [5.41, 5.74) is 2.17. The first-order valence-corrected chi connectivity index (χ1v) is 7.64. The predicted octanol–water partition coefficient (Wildman–Crippen LogP) is 2.56. The first kappa shape index (κ1) is 16.4. The Hall–Kier alpha value is -1.95. The van der Waals surface area contributed by atoms with Gasteiger partial charge in [0.05, 0.1) is 4.92 Å². The van der Waals surface area contributed by atoms with Gasteiger partial charge in [0.1, 0.15) is 0 Å². The summed E-state index contributed by atoms with van der Waals surface area (Å²) in [4.78, 5) is 24.1. The lowest BCUT2D eigenvalue weighted by molar-refractivity contribution is -0.385. The lowest BCUT2D eigenvalue weighted by Gasteiger charge is -2.37. The maximum atomic E-state index is 11.2. The number of nitrogens with zero attached hydrogens (tertiary/aromatic N) is 2. The third kappa shape index (κ3) is 3.82. The van der Waals surface area contributed by atoms with E-state index in [0.29, 0.717) is 0 Å². The second-order valence-electron chi connectivity index (χ2n) is 6.01. The summed E-state index contributed by atoms with van der Waals surface area (Å²) in [6, 6.07) is 5.27. The zero-order valence-electron chi connectivity index (χ0n) is 13.3. The van der Waals surface area contributed by atoms with E-state index in [4.69, 9.17) is 0 Å². The Bertz CT molecular complexity index is 574. The Morgan fingerprint density at radius 3 is 2.86 bits per heavy atom. The Morgan fingerprint density at radius 1 is 1.50 bits per heavy atom. The van der Waals surface area contributed by atoms with Crippen LogP contribution in [0.15, 0.2) is 18.2 Å². The van der Waals surface area contributed by atoms with Crippen molar-refractivity contribution in [1.82, 2.24) is 10.2 Å². The number of nitro benzene ring substituents is 1. The second kappa shape index (κ2) is 6.87. The molecule has 1 heterocycles. The number of carbonyl (C=O) groups is 1. The van der Waals surface area contributed by atoms with Crippen LogP contribution in [0.1, 0.15) is 43.9 Å². The van der Waals surface area contributed by atoms with Crippen molar-refractivity contribution in [3.05, 3.63) is 39.4 Å². The van der Waals surface area contributed by atoms with Crippen molar-refractivity contribution in [1.29, 1.82) is 0 Å². The van der Waals surface area contributed by atoms with Crippen LogP contribution in [0.5, 0.6) is 0 Å². The van der Waals surface area contributed by atoms with Crippen LogP contribution in [0.4, 0.5) is 5.69 Å². The highest BCUT2D eigenvalue weighted by Gasteiger charge is 2.26. The normalized spacial score (nSPS) is 20.4.